The highest BCUT2D eigenvalue weighted by atomic mass is 19.4. The van der Waals surface area contributed by atoms with Crippen LogP contribution in [0.1, 0.15) is 58.7 Å². The maximum Gasteiger partial charge on any atom is 0.419 e. The van der Waals surface area contributed by atoms with E-state index in [1.807, 2.05) is 0 Å². The predicted octanol–water partition coefficient (Wildman–Crippen LogP) is 3.62. The van der Waals surface area contributed by atoms with E-state index < -0.39 is 35.0 Å². The maximum atomic E-state index is 13.5. The zero-order chi connectivity index (χ0) is 26.8. The largest absolute Gasteiger partial charge is 0.455 e. The van der Waals surface area contributed by atoms with Crippen LogP contribution in [-0.4, -0.2) is 37.4 Å². The maximum absolute atomic E-state index is 13.5. The van der Waals surface area contributed by atoms with Gasteiger partial charge in [0.25, 0.3) is 5.91 Å². The minimum absolute atomic E-state index is 0.0428. The molecule has 0 bridgehead atoms. The Labute approximate surface area is 210 Å². The summed E-state index contributed by atoms with van der Waals surface area (Å²) in [6.45, 7) is 3.08. The predicted molar refractivity (Wildman–Crippen MR) is 124 cm³/mol. The Morgan fingerprint density at radius 1 is 1.16 bits per heavy atom. The standard InChI is InChI=1S/C25H24F3N5O4/c1-14-19(12-29-13-32-14)22(35)33-24(7-8-24)23(36)31-10-17-4-5-18(11-30-17)37-21-6-3-16(15(2)34)9-20(21)25(26,27)28/h3-6,9,11-13,15,34H,7-8,10H2,1-2H3,(H,31,36)(H,33,35). The van der Waals surface area contributed by atoms with E-state index >= 15 is 0 Å². The highest BCUT2D eigenvalue weighted by Crippen LogP contribution is 2.39. The number of halogens is 3. The van der Waals surface area contributed by atoms with Crippen molar-refractivity contribution < 1.29 is 32.6 Å². The molecule has 2 amide bonds. The summed E-state index contributed by atoms with van der Waals surface area (Å²) in [5.74, 6) is -1.17. The fourth-order valence-corrected chi connectivity index (χ4v) is 3.59. The first-order valence-electron chi connectivity index (χ1n) is 11.4. The molecule has 0 saturated heterocycles. The Hall–Kier alpha value is -4.06. The van der Waals surface area contributed by atoms with Crippen LogP contribution in [-0.2, 0) is 17.5 Å². The zero-order valence-corrected chi connectivity index (χ0v) is 20.0. The molecule has 2 aromatic heterocycles. The van der Waals surface area contributed by atoms with E-state index in [2.05, 4.69) is 25.6 Å². The van der Waals surface area contributed by atoms with Crippen molar-refractivity contribution in [2.75, 3.05) is 0 Å². The van der Waals surface area contributed by atoms with Crippen LogP contribution in [0.3, 0.4) is 0 Å². The molecule has 1 aliphatic carbocycles. The lowest BCUT2D eigenvalue weighted by molar-refractivity contribution is -0.138. The van der Waals surface area contributed by atoms with E-state index in [1.54, 1.807) is 6.92 Å². The summed E-state index contributed by atoms with van der Waals surface area (Å²) >= 11 is 0. The molecule has 3 N–H and O–H groups in total. The van der Waals surface area contributed by atoms with Crippen LogP contribution in [0.15, 0.2) is 49.1 Å². The first kappa shape index (κ1) is 26.0. The van der Waals surface area contributed by atoms with E-state index in [4.69, 9.17) is 4.74 Å². The lowest BCUT2D eigenvalue weighted by Crippen LogP contribution is -2.49. The Morgan fingerprint density at radius 2 is 1.92 bits per heavy atom. The number of nitrogens with one attached hydrogen (secondary N) is 2. The lowest BCUT2D eigenvalue weighted by Gasteiger charge is -2.18. The van der Waals surface area contributed by atoms with Gasteiger partial charge in [0.05, 0.1) is 41.4 Å². The quantitative estimate of drug-likeness (QED) is 0.418. The number of aryl methyl sites for hydroxylation is 1. The van der Waals surface area contributed by atoms with Gasteiger partial charge in [-0.2, -0.15) is 13.2 Å². The van der Waals surface area contributed by atoms with Crippen LogP contribution in [0.25, 0.3) is 0 Å². The molecular weight excluding hydrogens is 491 g/mol. The molecule has 194 valence electrons. The van der Waals surface area contributed by atoms with Gasteiger partial charge in [-0.15, -0.1) is 0 Å². The minimum atomic E-state index is -4.68. The zero-order valence-electron chi connectivity index (χ0n) is 20.0. The van der Waals surface area contributed by atoms with Crippen molar-refractivity contribution in [1.82, 2.24) is 25.6 Å². The van der Waals surface area contributed by atoms with E-state index in [-0.39, 0.29) is 29.3 Å². The third-order valence-electron chi connectivity index (χ3n) is 5.94. The molecule has 1 fully saturated rings. The molecule has 9 nitrogen and oxygen atoms in total. The summed E-state index contributed by atoms with van der Waals surface area (Å²) in [7, 11) is 0. The molecule has 4 rings (SSSR count). The second-order valence-corrected chi connectivity index (χ2v) is 8.76. The number of alkyl halides is 3. The number of amides is 2. The molecule has 1 saturated carbocycles. The van der Waals surface area contributed by atoms with Crippen molar-refractivity contribution in [2.24, 2.45) is 0 Å². The third kappa shape index (κ3) is 6.02. The summed E-state index contributed by atoms with van der Waals surface area (Å²) in [5, 5.41) is 15.1. The van der Waals surface area contributed by atoms with Gasteiger partial charge < -0.3 is 20.5 Å². The molecule has 37 heavy (non-hydrogen) atoms. The van der Waals surface area contributed by atoms with Gasteiger partial charge in [-0.3, -0.25) is 14.6 Å². The number of nitrogens with zero attached hydrogens (tertiary/aromatic N) is 3. The van der Waals surface area contributed by atoms with Gasteiger partial charge >= 0.3 is 6.18 Å². The Kier molecular flexibility index (Phi) is 7.12. The van der Waals surface area contributed by atoms with Crippen molar-refractivity contribution in [3.63, 3.8) is 0 Å². The second kappa shape index (κ2) is 10.1. The van der Waals surface area contributed by atoms with Crippen molar-refractivity contribution in [3.8, 4) is 11.5 Å². The number of hydrogen-bond acceptors (Lipinski definition) is 7. The molecule has 3 aromatic rings. The van der Waals surface area contributed by atoms with Gasteiger partial charge in [-0.05, 0) is 56.5 Å². The van der Waals surface area contributed by atoms with Crippen LogP contribution >= 0.6 is 0 Å². The Bertz CT molecular complexity index is 1310. The second-order valence-electron chi connectivity index (χ2n) is 8.76. The molecule has 2 heterocycles. The summed E-state index contributed by atoms with van der Waals surface area (Å²) in [4.78, 5) is 37.2. The van der Waals surface area contributed by atoms with Crippen molar-refractivity contribution in [2.45, 2.75) is 51.1 Å². The van der Waals surface area contributed by atoms with Crippen LogP contribution < -0.4 is 15.4 Å². The molecule has 1 atom stereocenters. The first-order chi connectivity index (χ1) is 17.5. The highest BCUT2D eigenvalue weighted by Gasteiger charge is 2.51. The number of pyridine rings is 1. The topological polar surface area (TPSA) is 126 Å². The molecule has 1 aromatic carbocycles. The fourth-order valence-electron chi connectivity index (χ4n) is 3.59. The van der Waals surface area contributed by atoms with E-state index in [1.165, 1.54) is 43.8 Å². The summed E-state index contributed by atoms with van der Waals surface area (Å²) < 4.78 is 45.8. The van der Waals surface area contributed by atoms with Gasteiger partial charge in [-0.25, -0.2) is 9.97 Å². The molecule has 1 aliphatic rings. The number of ether oxygens (including phenoxy) is 1. The average molecular weight is 515 g/mol. The summed E-state index contributed by atoms with van der Waals surface area (Å²) in [6.07, 6.45) is -0.823. The van der Waals surface area contributed by atoms with Crippen LogP contribution in [0.2, 0.25) is 0 Å². The average Bonchev–Trinajstić information content (AvgIpc) is 3.63. The van der Waals surface area contributed by atoms with Crippen LogP contribution in [0, 0.1) is 6.92 Å². The van der Waals surface area contributed by atoms with Gasteiger partial charge in [-0.1, -0.05) is 6.07 Å². The molecule has 0 spiro atoms. The van der Waals surface area contributed by atoms with Gasteiger partial charge in [0, 0.05) is 6.20 Å². The monoisotopic (exact) mass is 515 g/mol. The number of aliphatic hydroxyl groups is 1. The van der Waals surface area contributed by atoms with Crippen molar-refractivity contribution in [1.29, 1.82) is 0 Å². The van der Waals surface area contributed by atoms with Gasteiger partial charge in [0.2, 0.25) is 5.91 Å². The number of hydrogen-bond donors (Lipinski definition) is 3. The van der Waals surface area contributed by atoms with Gasteiger partial charge in [0.1, 0.15) is 23.4 Å². The SMILES string of the molecule is Cc1ncncc1C(=O)NC1(C(=O)NCc2ccc(Oc3ccc(C(C)O)cc3C(F)(F)F)cn2)CC1. The highest BCUT2D eigenvalue weighted by molar-refractivity contribution is 6.01. The van der Waals surface area contributed by atoms with Crippen molar-refractivity contribution in [3.05, 3.63) is 77.1 Å². The summed E-state index contributed by atoms with van der Waals surface area (Å²) in [5.41, 5.74) is -0.702. The number of aromatic nitrogens is 3. The smallest absolute Gasteiger partial charge is 0.419 e. The third-order valence-corrected chi connectivity index (χ3v) is 5.94. The van der Waals surface area contributed by atoms with Crippen LogP contribution in [0.5, 0.6) is 11.5 Å². The lowest BCUT2D eigenvalue weighted by atomic mass is 10.1. The molecular formula is C25H24F3N5O4. The van der Waals surface area contributed by atoms with E-state index in [0.717, 1.165) is 12.1 Å². The van der Waals surface area contributed by atoms with E-state index in [9.17, 15) is 27.9 Å². The van der Waals surface area contributed by atoms with E-state index in [0.29, 0.717) is 24.2 Å². The molecule has 0 aliphatic heterocycles. The minimum Gasteiger partial charge on any atom is -0.455 e. The van der Waals surface area contributed by atoms with Crippen molar-refractivity contribution >= 4 is 11.8 Å². The molecule has 12 heteroatoms. The fraction of sp³-hybridized carbons (Fsp3) is 0.320. The van der Waals surface area contributed by atoms with Gasteiger partial charge in [0.15, 0.2) is 0 Å². The molecule has 0 radical (unpaired) electrons. The number of aliphatic hydroxyl groups excluding tert-OH is 1. The Morgan fingerprint density at radius 3 is 2.51 bits per heavy atom. The number of benzene rings is 1. The summed E-state index contributed by atoms with van der Waals surface area (Å²) in [6, 6.07) is 6.28. The number of carbonyl (C=O) groups excluding carboxylic acids is 2. The Balaban J connectivity index is 1.37. The van der Waals surface area contributed by atoms with Crippen LogP contribution in [0.4, 0.5) is 13.2 Å². The first-order valence-corrected chi connectivity index (χ1v) is 11.4. The number of rotatable bonds is 8. The normalized spacial score (nSPS) is 15.0. The molecule has 1 unspecified atom stereocenters. The number of carbonyl (C=O) groups is 2.